The molecule has 1 atom stereocenters. The van der Waals surface area contributed by atoms with Crippen LogP contribution in [0.25, 0.3) is 0 Å². The van der Waals surface area contributed by atoms with Crippen molar-refractivity contribution in [3.63, 3.8) is 0 Å². The Morgan fingerprint density at radius 1 is 1.50 bits per heavy atom. The fourth-order valence-electron chi connectivity index (χ4n) is 1.80. The lowest BCUT2D eigenvalue weighted by Gasteiger charge is -2.18. The molecule has 88 valence electrons. The van der Waals surface area contributed by atoms with Crippen LogP contribution in [0.1, 0.15) is 24.0 Å². The van der Waals surface area contributed by atoms with Crippen molar-refractivity contribution in [2.24, 2.45) is 0 Å². The largest absolute Gasteiger partial charge is 0.383 e. The molecule has 1 aromatic rings. The van der Waals surface area contributed by atoms with Gasteiger partial charge in [0.25, 0.3) is 0 Å². The van der Waals surface area contributed by atoms with Gasteiger partial charge in [-0.2, -0.15) is 0 Å². The zero-order chi connectivity index (χ0) is 11.5. The quantitative estimate of drug-likeness (QED) is 0.768. The minimum Gasteiger partial charge on any atom is -0.383 e. The Bertz CT molecular complexity index is 380. The molecule has 0 aliphatic carbocycles. The second kappa shape index (κ2) is 4.76. The van der Waals surface area contributed by atoms with Crippen LogP contribution in [0.4, 0.5) is 5.82 Å². The molecule has 1 aromatic heterocycles. The number of aromatic nitrogens is 2. The summed E-state index contributed by atoms with van der Waals surface area (Å²) in [6.07, 6.45) is 1.61. The number of rotatable bonds is 3. The van der Waals surface area contributed by atoms with Crippen LogP contribution < -0.4 is 11.1 Å². The second-order valence-corrected chi connectivity index (χ2v) is 4.15. The smallest absolute Gasteiger partial charge is 0.132 e. The molecule has 1 unspecified atom stereocenters. The number of likely N-dealkylation sites (N-methyl/N-ethyl adjacent to an activating group) is 1. The predicted octanol–water partition coefficient (Wildman–Crippen LogP) is 0.282. The van der Waals surface area contributed by atoms with Crippen molar-refractivity contribution in [1.82, 2.24) is 15.3 Å². The van der Waals surface area contributed by atoms with Crippen LogP contribution in [0.5, 0.6) is 0 Å². The first-order chi connectivity index (χ1) is 7.70. The molecule has 2 heterocycles. The van der Waals surface area contributed by atoms with Crippen molar-refractivity contribution in [2.75, 3.05) is 19.4 Å². The number of nitrogens with one attached hydrogen (secondary N) is 1. The number of anilines is 1. The van der Waals surface area contributed by atoms with Crippen LogP contribution >= 0.6 is 0 Å². The lowest BCUT2D eigenvalue weighted by Crippen LogP contribution is -2.26. The van der Waals surface area contributed by atoms with Crippen molar-refractivity contribution in [1.29, 1.82) is 0 Å². The highest BCUT2D eigenvalue weighted by molar-refractivity contribution is 5.43. The van der Waals surface area contributed by atoms with Gasteiger partial charge in [-0.3, -0.25) is 0 Å². The fourth-order valence-corrected chi connectivity index (χ4v) is 1.80. The summed E-state index contributed by atoms with van der Waals surface area (Å²) in [7, 11) is 1.93. The van der Waals surface area contributed by atoms with Crippen molar-refractivity contribution in [2.45, 2.75) is 32.4 Å². The van der Waals surface area contributed by atoms with Crippen LogP contribution in [0.15, 0.2) is 0 Å². The molecule has 0 spiro atoms. The Morgan fingerprint density at radius 3 is 3.06 bits per heavy atom. The third-order valence-corrected chi connectivity index (χ3v) is 2.89. The summed E-state index contributed by atoms with van der Waals surface area (Å²) < 4.78 is 5.38. The Kier molecular flexibility index (Phi) is 3.36. The average Bonchev–Trinajstić information content (AvgIpc) is 2.29. The Labute approximate surface area is 95.4 Å². The maximum atomic E-state index is 5.93. The summed E-state index contributed by atoms with van der Waals surface area (Å²) in [5.41, 5.74) is 7.95. The molecule has 0 aromatic carbocycles. The van der Waals surface area contributed by atoms with Gasteiger partial charge in [0.05, 0.1) is 18.9 Å². The normalized spacial score (nSPS) is 16.9. The number of fused-ring (bicyclic) bond motifs is 1. The zero-order valence-corrected chi connectivity index (χ0v) is 9.79. The number of hydrogen-bond acceptors (Lipinski definition) is 5. The van der Waals surface area contributed by atoms with Crippen molar-refractivity contribution < 1.29 is 4.74 Å². The fraction of sp³-hybridized carbons (Fsp3) is 0.636. The van der Waals surface area contributed by atoms with Gasteiger partial charge in [0.1, 0.15) is 11.6 Å². The lowest BCUT2D eigenvalue weighted by molar-refractivity contribution is 0.107. The van der Waals surface area contributed by atoms with E-state index in [0.29, 0.717) is 25.1 Å². The molecule has 0 radical (unpaired) electrons. The summed E-state index contributed by atoms with van der Waals surface area (Å²) in [5, 5.41) is 3.16. The number of nitrogen functional groups attached to an aromatic ring is 1. The molecule has 0 saturated carbocycles. The van der Waals surface area contributed by atoms with Crippen molar-refractivity contribution in [3.8, 4) is 0 Å². The molecule has 16 heavy (non-hydrogen) atoms. The van der Waals surface area contributed by atoms with E-state index < -0.39 is 0 Å². The zero-order valence-electron chi connectivity index (χ0n) is 9.79. The number of nitrogens with two attached hydrogens (primary N) is 1. The highest BCUT2D eigenvalue weighted by Crippen LogP contribution is 2.19. The highest BCUT2D eigenvalue weighted by Gasteiger charge is 2.17. The first kappa shape index (κ1) is 11.3. The average molecular weight is 222 g/mol. The highest BCUT2D eigenvalue weighted by atomic mass is 16.5. The van der Waals surface area contributed by atoms with Gasteiger partial charge in [-0.05, 0) is 14.0 Å². The van der Waals surface area contributed by atoms with E-state index >= 15 is 0 Å². The third-order valence-electron chi connectivity index (χ3n) is 2.89. The van der Waals surface area contributed by atoms with E-state index in [-0.39, 0.29) is 0 Å². The van der Waals surface area contributed by atoms with Crippen LogP contribution in [-0.4, -0.2) is 29.7 Å². The van der Waals surface area contributed by atoms with Crippen LogP contribution in [-0.2, 0) is 24.2 Å². The van der Waals surface area contributed by atoms with Gasteiger partial charge in [-0.25, -0.2) is 9.97 Å². The van der Waals surface area contributed by atoms with E-state index in [1.807, 2.05) is 7.05 Å². The molecule has 5 heteroatoms. The van der Waals surface area contributed by atoms with Gasteiger partial charge >= 0.3 is 0 Å². The molecule has 0 saturated heterocycles. The molecule has 3 N–H and O–H groups in total. The van der Waals surface area contributed by atoms with Gasteiger partial charge in [0.15, 0.2) is 0 Å². The molecular formula is C11H18N4O. The van der Waals surface area contributed by atoms with Crippen LogP contribution in [0.2, 0.25) is 0 Å². The first-order valence-electron chi connectivity index (χ1n) is 5.60. The molecule has 0 bridgehead atoms. The van der Waals surface area contributed by atoms with E-state index in [1.165, 1.54) is 0 Å². The predicted molar refractivity (Wildman–Crippen MR) is 62.0 cm³/mol. The van der Waals surface area contributed by atoms with E-state index in [2.05, 4.69) is 22.2 Å². The van der Waals surface area contributed by atoms with E-state index in [0.717, 1.165) is 29.9 Å². The number of nitrogens with zero attached hydrogens (tertiary/aromatic N) is 2. The maximum absolute atomic E-state index is 5.93. The monoisotopic (exact) mass is 222 g/mol. The lowest BCUT2D eigenvalue weighted by atomic mass is 10.1. The topological polar surface area (TPSA) is 73.1 Å². The molecule has 1 aliphatic heterocycles. The Balaban J connectivity index is 2.24. The second-order valence-electron chi connectivity index (χ2n) is 4.15. The SMILES string of the molecule is CNC(C)Cc1nc(N)c2c(n1)COCC2. The summed E-state index contributed by atoms with van der Waals surface area (Å²) >= 11 is 0. The molecule has 5 nitrogen and oxygen atoms in total. The summed E-state index contributed by atoms with van der Waals surface area (Å²) in [4.78, 5) is 8.85. The van der Waals surface area contributed by atoms with E-state index in [9.17, 15) is 0 Å². The minimum absolute atomic E-state index is 0.349. The molecule has 2 rings (SSSR count). The number of ether oxygens (including phenoxy) is 1. The standard InChI is InChI=1S/C11H18N4O/c1-7(13-2)5-10-14-9-6-16-4-3-8(9)11(12)15-10/h7,13H,3-6H2,1-2H3,(H2,12,14,15). The van der Waals surface area contributed by atoms with Crippen LogP contribution in [0, 0.1) is 0 Å². The summed E-state index contributed by atoms with van der Waals surface area (Å²) in [6.45, 7) is 3.37. The third kappa shape index (κ3) is 2.31. The van der Waals surface area contributed by atoms with Crippen molar-refractivity contribution >= 4 is 5.82 Å². The number of hydrogen-bond donors (Lipinski definition) is 2. The molecular weight excluding hydrogens is 204 g/mol. The van der Waals surface area contributed by atoms with Gasteiger partial charge in [0.2, 0.25) is 0 Å². The first-order valence-corrected chi connectivity index (χ1v) is 5.60. The molecule has 0 fully saturated rings. The van der Waals surface area contributed by atoms with Gasteiger partial charge < -0.3 is 15.8 Å². The van der Waals surface area contributed by atoms with Gasteiger partial charge in [-0.1, -0.05) is 0 Å². The maximum Gasteiger partial charge on any atom is 0.132 e. The van der Waals surface area contributed by atoms with E-state index in [4.69, 9.17) is 10.5 Å². The molecule has 0 amide bonds. The summed E-state index contributed by atoms with van der Waals surface area (Å²) in [5.74, 6) is 1.41. The van der Waals surface area contributed by atoms with Crippen LogP contribution in [0.3, 0.4) is 0 Å². The van der Waals surface area contributed by atoms with Gasteiger partial charge in [0, 0.05) is 24.4 Å². The van der Waals surface area contributed by atoms with Gasteiger partial charge in [-0.15, -0.1) is 0 Å². The molecule has 1 aliphatic rings. The Morgan fingerprint density at radius 2 is 2.31 bits per heavy atom. The van der Waals surface area contributed by atoms with E-state index in [1.54, 1.807) is 0 Å². The minimum atomic E-state index is 0.349. The van der Waals surface area contributed by atoms with Crippen molar-refractivity contribution in [3.05, 3.63) is 17.1 Å². The summed E-state index contributed by atoms with van der Waals surface area (Å²) in [6, 6.07) is 0.349. The Hall–Kier alpha value is -1.20.